The van der Waals surface area contributed by atoms with Crippen molar-refractivity contribution in [2.24, 2.45) is 5.92 Å². The van der Waals surface area contributed by atoms with Crippen molar-refractivity contribution in [2.75, 3.05) is 32.7 Å². The van der Waals surface area contributed by atoms with Crippen LogP contribution in [-0.4, -0.2) is 76.6 Å². The Balaban J connectivity index is 1.65. The number of rotatable bonds is 1. The normalized spacial score (nSPS) is 33.9. The van der Waals surface area contributed by atoms with Crippen molar-refractivity contribution in [3.8, 4) is 0 Å². The molecule has 118 valence electrons. The van der Waals surface area contributed by atoms with E-state index in [1.165, 1.54) is 12.8 Å². The van der Waals surface area contributed by atoms with Gasteiger partial charge in [-0.25, -0.2) is 4.79 Å². The predicted octanol–water partition coefficient (Wildman–Crippen LogP) is 1.07. The molecular weight excluding hydrogens is 270 g/mol. The van der Waals surface area contributed by atoms with Gasteiger partial charge in [-0.2, -0.15) is 0 Å². The number of carbonyl (C=O) groups is 2. The monoisotopic (exact) mass is 295 g/mol. The van der Waals surface area contributed by atoms with Crippen LogP contribution >= 0.6 is 0 Å². The van der Waals surface area contributed by atoms with Gasteiger partial charge in [0.1, 0.15) is 0 Å². The zero-order valence-electron chi connectivity index (χ0n) is 12.7. The first kappa shape index (κ1) is 14.6. The minimum Gasteiger partial charge on any atom is -0.481 e. The van der Waals surface area contributed by atoms with E-state index in [0.29, 0.717) is 25.6 Å². The van der Waals surface area contributed by atoms with E-state index in [1.807, 2.05) is 4.90 Å². The largest absolute Gasteiger partial charge is 0.481 e. The van der Waals surface area contributed by atoms with Crippen LogP contribution in [0.15, 0.2) is 0 Å². The molecule has 0 aromatic carbocycles. The maximum Gasteiger partial charge on any atom is 0.320 e. The van der Waals surface area contributed by atoms with E-state index in [1.54, 1.807) is 4.90 Å². The van der Waals surface area contributed by atoms with Crippen molar-refractivity contribution in [1.82, 2.24) is 14.7 Å². The van der Waals surface area contributed by atoms with Gasteiger partial charge in [0.15, 0.2) is 0 Å². The minimum atomic E-state index is -0.777. The van der Waals surface area contributed by atoms with E-state index < -0.39 is 11.9 Å². The van der Waals surface area contributed by atoms with Gasteiger partial charge in [-0.3, -0.25) is 9.69 Å². The van der Waals surface area contributed by atoms with E-state index in [4.69, 9.17) is 5.11 Å². The van der Waals surface area contributed by atoms with E-state index in [9.17, 15) is 9.59 Å². The Morgan fingerprint density at radius 2 is 1.81 bits per heavy atom. The molecule has 0 aliphatic carbocycles. The summed E-state index contributed by atoms with van der Waals surface area (Å²) in [4.78, 5) is 30.1. The summed E-state index contributed by atoms with van der Waals surface area (Å²) in [5, 5.41) is 9.16. The summed E-state index contributed by atoms with van der Waals surface area (Å²) in [6.07, 6.45) is 3.88. The summed E-state index contributed by atoms with van der Waals surface area (Å²) >= 11 is 0. The molecule has 0 radical (unpaired) electrons. The molecule has 0 aromatic rings. The van der Waals surface area contributed by atoms with Gasteiger partial charge in [-0.05, 0) is 39.2 Å². The Bertz CT molecular complexity index is 428. The van der Waals surface area contributed by atoms with Gasteiger partial charge >= 0.3 is 12.0 Å². The molecule has 3 rings (SSSR count). The van der Waals surface area contributed by atoms with Gasteiger partial charge < -0.3 is 14.9 Å². The number of amides is 2. The Hall–Kier alpha value is -1.30. The summed E-state index contributed by atoms with van der Waals surface area (Å²) < 4.78 is 0. The molecule has 21 heavy (non-hydrogen) atoms. The van der Waals surface area contributed by atoms with Crippen LogP contribution in [0.3, 0.4) is 0 Å². The second kappa shape index (κ2) is 5.83. The standard InChI is InChI=1S/C15H25N3O3/c1-11-8-16-6-3-5-13(16)10-18(11)15(21)17-7-2-4-12(9-17)14(19)20/h11-13H,2-10H2,1H3,(H,19,20)/t11?,12-,13?/m0/s1. The van der Waals surface area contributed by atoms with Crippen molar-refractivity contribution in [3.05, 3.63) is 0 Å². The Labute approximate surface area is 125 Å². The van der Waals surface area contributed by atoms with Crippen molar-refractivity contribution in [3.63, 3.8) is 0 Å². The number of aliphatic carboxylic acids is 1. The van der Waals surface area contributed by atoms with Gasteiger partial charge in [0.05, 0.1) is 5.92 Å². The smallest absolute Gasteiger partial charge is 0.320 e. The van der Waals surface area contributed by atoms with Crippen molar-refractivity contribution in [2.45, 2.75) is 44.7 Å². The number of hydrogen-bond donors (Lipinski definition) is 1. The topological polar surface area (TPSA) is 64.1 Å². The Morgan fingerprint density at radius 3 is 2.57 bits per heavy atom. The molecule has 3 aliphatic heterocycles. The van der Waals surface area contributed by atoms with Crippen LogP contribution in [-0.2, 0) is 4.79 Å². The molecule has 3 heterocycles. The first-order chi connectivity index (χ1) is 10.1. The van der Waals surface area contributed by atoms with E-state index in [-0.39, 0.29) is 12.1 Å². The predicted molar refractivity (Wildman–Crippen MR) is 78.1 cm³/mol. The highest BCUT2D eigenvalue weighted by molar-refractivity contribution is 5.77. The number of urea groups is 1. The summed E-state index contributed by atoms with van der Waals surface area (Å²) in [5.41, 5.74) is 0. The van der Waals surface area contributed by atoms with E-state index >= 15 is 0 Å². The fourth-order valence-corrected chi connectivity index (χ4v) is 3.99. The Morgan fingerprint density at radius 1 is 1.05 bits per heavy atom. The second-order valence-corrected chi connectivity index (χ2v) is 6.70. The third kappa shape index (κ3) is 2.86. The first-order valence-corrected chi connectivity index (χ1v) is 8.08. The molecule has 1 N–H and O–H groups in total. The first-order valence-electron chi connectivity index (χ1n) is 8.08. The molecule has 0 saturated carbocycles. The summed E-state index contributed by atoms with van der Waals surface area (Å²) in [6.45, 7) is 6.07. The van der Waals surface area contributed by atoms with Crippen LogP contribution in [0.1, 0.15) is 32.6 Å². The lowest BCUT2D eigenvalue weighted by molar-refractivity contribution is -0.143. The number of carbonyl (C=O) groups excluding carboxylic acids is 1. The third-order valence-corrected chi connectivity index (χ3v) is 5.22. The quantitative estimate of drug-likeness (QED) is 0.786. The van der Waals surface area contributed by atoms with Crippen molar-refractivity contribution in [1.29, 1.82) is 0 Å². The lowest BCUT2D eigenvalue weighted by Gasteiger charge is -2.45. The molecule has 0 spiro atoms. The molecule has 3 fully saturated rings. The van der Waals surface area contributed by atoms with E-state index in [2.05, 4.69) is 11.8 Å². The molecule has 2 amide bonds. The molecule has 6 heteroatoms. The Kier molecular flexibility index (Phi) is 4.06. The number of carboxylic acid groups (broad SMARTS) is 1. The highest BCUT2D eigenvalue weighted by atomic mass is 16.4. The lowest BCUT2D eigenvalue weighted by atomic mass is 9.98. The zero-order chi connectivity index (χ0) is 15.0. The fraction of sp³-hybridized carbons (Fsp3) is 0.867. The molecular formula is C15H25N3O3. The number of nitrogens with zero attached hydrogens (tertiary/aromatic N) is 3. The van der Waals surface area contributed by atoms with Gasteiger partial charge in [0.25, 0.3) is 0 Å². The lowest BCUT2D eigenvalue weighted by Crippen LogP contribution is -2.60. The number of hydrogen-bond acceptors (Lipinski definition) is 3. The van der Waals surface area contributed by atoms with Gasteiger partial charge in [0, 0.05) is 38.3 Å². The zero-order valence-corrected chi connectivity index (χ0v) is 12.7. The molecule has 2 unspecified atom stereocenters. The van der Waals surface area contributed by atoms with Crippen LogP contribution in [0, 0.1) is 5.92 Å². The van der Waals surface area contributed by atoms with E-state index in [0.717, 1.165) is 26.1 Å². The molecule has 3 saturated heterocycles. The van der Waals surface area contributed by atoms with Gasteiger partial charge in [-0.15, -0.1) is 0 Å². The average Bonchev–Trinajstić information content (AvgIpc) is 2.92. The highest BCUT2D eigenvalue weighted by Crippen LogP contribution is 2.26. The number of carboxylic acids is 1. The van der Waals surface area contributed by atoms with Crippen molar-refractivity contribution >= 4 is 12.0 Å². The number of fused-ring (bicyclic) bond motifs is 1. The van der Waals surface area contributed by atoms with Crippen LogP contribution in [0.5, 0.6) is 0 Å². The van der Waals surface area contributed by atoms with Gasteiger partial charge in [-0.1, -0.05) is 0 Å². The SMILES string of the molecule is CC1CN2CCCC2CN1C(=O)N1CCC[C@H](C(=O)O)C1. The number of likely N-dealkylation sites (tertiary alicyclic amines) is 1. The summed E-state index contributed by atoms with van der Waals surface area (Å²) in [7, 11) is 0. The summed E-state index contributed by atoms with van der Waals surface area (Å²) in [6, 6.07) is 0.766. The van der Waals surface area contributed by atoms with Crippen LogP contribution in [0.25, 0.3) is 0 Å². The molecule has 3 aliphatic rings. The maximum absolute atomic E-state index is 12.8. The maximum atomic E-state index is 12.8. The third-order valence-electron chi connectivity index (χ3n) is 5.22. The molecule has 0 bridgehead atoms. The minimum absolute atomic E-state index is 0.0417. The molecule has 6 nitrogen and oxygen atoms in total. The highest BCUT2D eigenvalue weighted by Gasteiger charge is 2.39. The van der Waals surface area contributed by atoms with Crippen LogP contribution in [0.4, 0.5) is 4.79 Å². The van der Waals surface area contributed by atoms with Gasteiger partial charge in [0.2, 0.25) is 0 Å². The molecule has 0 aromatic heterocycles. The van der Waals surface area contributed by atoms with Crippen LogP contribution < -0.4 is 0 Å². The van der Waals surface area contributed by atoms with Crippen LogP contribution in [0.2, 0.25) is 0 Å². The number of piperidine rings is 1. The average molecular weight is 295 g/mol. The fourth-order valence-electron chi connectivity index (χ4n) is 3.99. The number of piperazine rings is 1. The summed E-state index contributed by atoms with van der Waals surface area (Å²) in [5.74, 6) is -1.17. The molecule has 3 atom stereocenters. The van der Waals surface area contributed by atoms with Crippen molar-refractivity contribution < 1.29 is 14.7 Å². The second-order valence-electron chi connectivity index (χ2n) is 6.70.